The Balaban J connectivity index is 1.86. The lowest BCUT2D eigenvalue weighted by Gasteiger charge is -2.30. The maximum absolute atomic E-state index is 13.5. The van der Waals surface area contributed by atoms with Crippen molar-refractivity contribution in [1.82, 2.24) is 14.9 Å². The molecule has 0 spiro atoms. The normalized spacial score (nSPS) is 15.7. The molecular formula is C24H30F3N3O2. The minimum absolute atomic E-state index is 0.00819. The Labute approximate surface area is 187 Å². The minimum atomic E-state index is -4.79. The molecule has 8 heteroatoms. The number of hydrogen-bond acceptors (Lipinski definition) is 4. The summed E-state index contributed by atoms with van der Waals surface area (Å²) in [5.41, 5.74) is 1.89. The number of benzene rings is 1. The van der Waals surface area contributed by atoms with Crippen LogP contribution in [0.4, 0.5) is 13.2 Å². The second-order valence-electron chi connectivity index (χ2n) is 9.53. The maximum Gasteiger partial charge on any atom is 0.451 e. The second-order valence-corrected chi connectivity index (χ2v) is 9.53. The SMILES string of the molecule is Cc1c(OCc2ccc(C(C)(C)C)cc2)nc(C(F)(F)F)nc1C(=O)N1CCC(C)CC1. The molecule has 1 aliphatic heterocycles. The number of aromatic nitrogens is 2. The first-order chi connectivity index (χ1) is 14.9. The fourth-order valence-corrected chi connectivity index (χ4v) is 3.59. The van der Waals surface area contributed by atoms with Gasteiger partial charge in [-0.05, 0) is 42.2 Å². The van der Waals surface area contributed by atoms with Gasteiger partial charge in [-0.25, -0.2) is 4.98 Å². The highest BCUT2D eigenvalue weighted by atomic mass is 19.4. The van der Waals surface area contributed by atoms with Crippen LogP contribution in [0.1, 0.15) is 73.5 Å². The number of rotatable bonds is 4. The van der Waals surface area contributed by atoms with Crippen LogP contribution in [0.3, 0.4) is 0 Å². The quantitative estimate of drug-likeness (QED) is 0.614. The largest absolute Gasteiger partial charge is 0.472 e. The third kappa shape index (κ3) is 5.58. The summed E-state index contributed by atoms with van der Waals surface area (Å²) in [6.07, 6.45) is -3.16. The summed E-state index contributed by atoms with van der Waals surface area (Å²) >= 11 is 0. The molecule has 0 bridgehead atoms. The first-order valence-corrected chi connectivity index (χ1v) is 10.8. The number of halogens is 3. The van der Waals surface area contributed by atoms with Gasteiger partial charge in [0.1, 0.15) is 12.3 Å². The number of ether oxygens (including phenoxy) is 1. The molecule has 32 heavy (non-hydrogen) atoms. The molecule has 174 valence electrons. The van der Waals surface area contributed by atoms with Crippen molar-refractivity contribution in [3.05, 3.63) is 52.5 Å². The van der Waals surface area contributed by atoms with Crippen LogP contribution in [0.15, 0.2) is 24.3 Å². The molecule has 0 aliphatic carbocycles. The van der Waals surface area contributed by atoms with E-state index in [0.717, 1.165) is 24.0 Å². The van der Waals surface area contributed by atoms with Gasteiger partial charge in [0.05, 0.1) is 0 Å². The molecule has 2 aromatic rings. The summed E-state index contributed by atoms with van der Waals surface area (Å²) in [6, 6.07) is 7.70. The summed E-state index contributed by atoms with van der Waals surface area (Å²) in [4.78, 5) is 21.7. The summed E-state index contributed by atoms with van der Waals surface area (Å²) < 4.78 is 46.0. The van der Waals surface area contributed by atoms with Gasteiger partial charge in [-0.15, -0.1) is 0 Å². The zero-order chi connectivity index (χ0) is 23.7. The van der Waals surface area contributed by atoms with Gasteiger partial charge >= 0.3 is 6.18 Å². The van der Waals surface area contributed by atoms with Crippen molar-refractivity contribution in [2.75, 3.05) is 13.1 Å². The van der Waals surface area contributed by atoms with Crippen molar-refractivity contribution in [1.29, 1.82) is 0 Å². The molecule has 1 aromatic carbocycles. The van der Waals surface area contributed by atoms with E-state index in [4.69, 9.17) is 4.74 Å². The van der Waals surface area contributed by atoms with Crippen molar-refractivity contribution in [2.24, 2.45) is 5.92 Å². The van der Waals surface area contributed by atoms with Gasteiger partial charge in [-0.1, -0.05) is 52.0 Å². The fraction of sp³-hybridized carbons (Fsp3) is 0.542. The molecule has 2 heterocycles. The minimum Gasteiger partial charge on any atom is -0.472 e. The molecule has 0 N–H and O–H groups in total. The first-order valence-electron chi connectivity index (χ1n) is 10.8. The van der Waals surface area contributed by atoms with Crippen LogP contribution >= 0.6 is 0 Å². The lowest BCUT2D eigenvalue weighted by molar-refractivity contribution is -0.145. The summed E-state index contributed by atoms with van der Waals surface area (Å²) in [7, 11) is 0. The topological polar surface area (TPSA) is 55.3 Å². The number of likely N-dealkylation sites (tertiary alicyclic amines) is 1. The average Bonchev–Trinajstić information content (AvgIpc) is 2.72. The average molecular weight is 450 g/mol. The molecule has 1 aliphatic rings. The fourth-order valence-electron chi connectivity index (χ4n) is 3.59. The molecular weight excluding hydrogens is 419 g/mol. The summed E-state index contributed by atoms with van der Waals surface area (Å²) in [5.74, 6) is -1.61. The first kappa shape index (κ1) is 24.0. The Morgan fingerprint density at radius 3 is 2.22 bits per heavy atom. The lowest BCUT2D eigenvalue weighted by Crippen LogP contribution is -2.39. The lowest BCUT2D eigenvalue weighted by atomic mass is 9.87. The maximum atomic E-state index is 13.5. The number of piperidine rings is 1. The van der Waals surface area contributed by atoms with E-state index in [-0.39, 0.29) is 29.2 Å². The Kier molecular flexibility index (Phi) is 6.81. The van der Waals surface area contributed by atoms with Crippen molar-refractivity contribution in [2.45, 2.75) is 65.7 Å². The Morgan fingerprint density at radius 1 is 1.09 bits per heavy atom. The van der Waals surface area contributed by atoms with Crippen LogP contribution in [0.5, 0.6) is 5.88 Å². The standard InChI is InChI=1S/C24H30F3N3O2/c1-15-10-12-30(13-11-15)21(31)19-16(2)20(29-22(28-19)24(25,26)27)32-14-17-6-8-18(9-7-17)23(3,4)5/h6-9,15H,10-14H2,1-5H3. The van der Waals surface area contributed by atoms with Crippen LogP contribution < -0.4 is 4.74 Å². The highest BCUT2D eigenvalue weighted by Gasteiger charge is 2.38. The number of alkyl halides is 3. The highest BCUT2D eigenvalue weighted by molar-refractivity contribution is 5.94. The van der Waals surface area contributed by atoms with Crippen molar-refractivity contribution < 1.29 is 22.7 Å². The molecule has 1 saturated heterocycles. The Morgan fingerprint density at radius 2 is 1.69 bits per heavy atom. The third-order valence-corrected chi connectivity index (χ3v) is 5.82. The van der Waals surface area contributed by atoms with E-state index in [1.807, 2.05) is 24.3 Å². The smallest absolute Gasteiger partial charge is 0.451 e. The number of amides is 1. The number of nitrogens with zero attached hydrogens (tertiary/aromatic N) is 3. The van der Waals surface area contributed by atoms with Gasteiger partial charge in [-0.3, -0.25) is 4.79 Å². The van der Waals surface area contributed by atoms with Crippen LogP contribution in [0.2, 0.25) is 0 Å². The van der Waals surface area contributed by atoms with Crippen LogP contribution in [-0.4, -0.2) is 33.9 Å². The van der Waals surface area contributed by atoms with E-state index in [9.17, 15) is 18.0 Å². The van der Waals surface area contributed by atoms with Gasteiger partial charge in [0.2, 0.25) is 11.7 Å². The third-order valence-electron chi connectivity index (χ3n) is 5.82. The van der Waals surface area contributed by atoms with Gasteiger partial charge < -0.3 is 9.64 Å². The molecule has 0 saturated carbocycles. The molecule has 1 fully saturated rings. The number of carbonyl (C=O) groups excluding carboxylic acids is 1. The van der Waals surface area contributed by atoms with Gasteiger partial charge in [-0.2, -0.15) is 18.2 Å². The van der Waals surface area contributed by atoms with Gasteiger partial charge in [0.25, 0.3) is 5.91 Å². The van der Waals surface area contributed by atoms with Crippen LogP contribution in [-0.2, 0) is 18.2 Å². The van der Waals surface area contributed by atoms with E-state index in [2.05, 4.69) is 37.7 Å². The zero-order valence-electron chi connectivity index (χ0n) is 19.2. The van der Waals surface area contributed by atoms with Gasteiger partial charge in [0, 0.05) is 18.7 Å². The number of carbonyl (C=O) groups is 1. The monoisotopic (exact) mass is 449 g/mol. The summed E-state index contributed by atoms with van der Waals surface area (Å²) in [5, 5.41) is 0. The van der Waals surface area contributed by atoms with E-state index in [1.54, 1.807) is 4.90 Å². The summed E-state index contributed by atoms with van der Waals surface area (Å²) in [6.45, 7) is 11.0. The van der Waals surface area contributed by atoms with Crippen LogP contribution in [0.25, 0.3) is 0 Å². The molecule has 1 aromatic heterocycles. The molecule has 5 nitrogen and oxygen atoms in total. The zero-order valence-corrected chi connectivity index (χ0v) is 19.2. The van der Waals surface area contributed by atoms with E-state index < -0.39 is 17.9 Å². The molecule has 1 amide bonds. The van der Waals surface area contributed by atoms with Crippen LogP contribution in [0, 0.1) is 12.8 Å². The Hall–Kier alpha value is -2.64. The van der Waals surface area contributed by atoms with E-state index in [1.165, 1.54) is 6.92 Å². The van der Waals surface area contributed by atoms with E-state index >= 15 is 0 Å². The molecule has 3 rings (SSSR count). The molecule has 0 atom stereocenters. The Bertz CT molecular complexity index is 958. The predicted octanol–water partition coefficient (Wildman–Crippen LogP) is 5.55. The molecule has 0 radical (unpaired) electrons. The second kappa shape index (κ2) is 9.08. The molecule has 0 unspecified atom stereocenters. The van der Waals surface area contributed by atoms with Gasteiger partial charge in [0.15, 0.2) is 0 Å². The van der Waals surface area contributed by atoms with Crippen molar-refractivity contribution >= 4 is 5.91 Å². The number of hydrogen-bond donors (Lipinski definition) is 0. The van der Waals surface area contributed by atoms with E-state index in [0.29, 0.717) is 19.0 Å². The van der Waals surface area contributed by atoms with Crippen molar-refractivity contribution in [3.8, 4) is 5.88 Å². The van der Waals surface area contributed by atoms with Crippen molar-refractivity contribution in [3.63, 3.8) is 0 Å². The predicted molar refractivity (Wildman–Crippen MR) is 116 cm³/mol. The highest BCUT2D eigenvalue weighted by Crippen LogP contribution is 2.31.